The highest BCUT2D eigenvalue weighted by Gasteiger charge is 2.13. The summed E-state index contributed by atoms with van der Waals surface area (Å²) in [5.41, 5.74) is 9.81. The Bertz CT molecular complexity index is 867. The van der Waals surface area contributed by atoms with E-state index in [-0.39, 0.29) is 0 Å². The van der Waals surface area contributed by atoms with Crippen molar-refractivity contribution in [1.29, 1.82) is 5.41 Å². The average Bonchev–Trinajstić information content (AvgIpc) is 3.17. The van der Waals surface area contributed by atoms with Crippen LogP contribution in [0.2, 0.25) is 0 Å². The predicted molar refractivity (Wildman–Crippen MR) is 117 cm³/mol. The molecule has 1 saturated heterocycles. The van der Waals surface area contributed by atoms with Crippen molar-refractivity contribution < 1.29 is 4.74 Å². The van der Waals surface area contributed by atoms with E-state index in [0.717, 1.165) is 55.2 Å². The zero-order chi connectivity index (χ0) is 19.8. The SMILES string of the molecule is COc1ccc(-c2csc(N)n2)cc1.N=C1CCN(Cc2ccccc2)CC1. The van der Waals surface area contributed by atoms with Gasteiger partial charge >= 0.3 is 0 Å². The Hall–Kier alpha value is -2.70. The highest BCUT2D eigenvalue weighted by Crippen LogP contribution is 2.24. The third kappa shape index (κ3) is 5.90. The number of rotatable bonds is 4. The van der Waals surface area contributed by atoms with Gasteiger partial charge in [0.15, 0.2) is 5.13 Å². The number of benzene rings is 2. The molecule has 0 radical (unpaired) electrons. The van der Waals surface area contributed by atoms with Crippen LogP contribution in [0.15, 0.2) is 60.0 Å². The van der Waals surface area contributed by atoms with Crippen LogP contribution in [0.1, 0.15) is 18.4 Å². The van der Waals surface area contributed by atoms with Gasteiger partial charge in [-0.05, 0) is 42.7 Å². The van der Waals surface area contributed by atoms with Crippen molar-refractivity contribution in [2.75, 3.05) is 25.9 Å². The minimum atomic E-state index is 0.593. The number of likely N-dealkylation sites (tertiary alicyclic amines) is 1. The van der Waals surface area contributed by atoms with E-state index in [1.807, 2.05) is 29.6 Å². The van der Waals surface area contributed by atoms with Crippen LogP contribution in [0.3, 0.4) is 0 Å². The number of nitrogens with one attached hydrogen (secondary N) is 1. The van der Waals surface area contributed by atoms with E-state index < -0.39 is 0 Å². The van der Waals surface area contributed by atoms with E-state index in [1.165, 1.54) is 16.9 Å². The van der Waals surface area contributed by atoms with Crippen LogP contribution in [0.4, 0.5) is 5.13 Å². The number of piperidine rings is 1. The molecule has 1 aromatic heterocycles. The molecule has 0 unspecified atom stereocenters. The first-order valence-electron chi connectivity index (χ1n) is 9.32. The molecule has 1 aliphatic heterocycles. The fourth-order valence-electron chi connectivity index (χ4n) is 3.00. The maximum Gasteiger partial charge on any atom is 0.180 e. The lowest BCUT2D eigenvalue weighted by Gasteiger charge is -2.26. The standard InChI is InChI=1S/C12H16N2.C10H10N2OS/c13-12-6-8-14(9-7-12)10-11-4-2-1-3-5-11;1-13-8-4-2-7(3-5-8)9-6-14-10(11)12-9/h1-5,13H,6-10H2;2-6H,1H3,(H2,11,12). The number of hydrogen-bond acceptors (Lipinski definition) is 6. The molecule has 1 fully saturated rings. The van der Waals surface area contributed by atoms with E-state index >= 15 is 0 Å². The van der Waals surface area contributed by atoms with Crippen LogP contribution in [0.5, 0.6) is 5.75 Å². The number of ether oxygens (including phenoxy) is 1. The Morgan fingerprint density at radius 3 is 2.32 bits per heavy atom. The van der Waals surface area contributed by atoms with Crippen LogP contribution >= 0.6 is 11.3 Å². The highest BCUT2D eigenvalue weighted by molar-refractivity contribution is 7.13. The fraction of sp³-hybridized carbons (Fsp3) is 0.273. The minimum Gasteiger partial charge on any atom is -0.497 e. The zero-order valence-corrected chi connectivity index (χ0v) is 16.9. The van der Waals surface area contributed by atoms with Gasteiger partial charge in [-0.1, -0.05) is 30.3 Å². The number of thiazole rings is 1. The van der Waals surface area contributed by atoms with Crippen LogP contribution in [-0.2, 0) is 6.54 Å². The average molecular weight is 395 g/mol. The lowest BCUT2D eigenvalue weighted by molar-refractivity contribution is 0.266. The minimum absolute atomic E-state index is 0.593. The van der Waals surface area contributed by atoms with Gasteiger partial charge in [0.2, 0.25) is 0 Å². The highest BCUT2D eigenvalue weighted by atomic mass is 32.1. The Balaban J connectivity index is 0.000000161. The van der Waals surface area contributed by atoms with E-state index in [9.17, 15) is 0 Å². The summed E-state index contributed by atoms with van der Waals surface area (Å²) in [4.78, 5) is 6.62. The smallest absolute Gasteiger partial charge is 0.180 e. The molecule has 28 heavy (non-hydrogen) atoms. The third-order valence-corrected chi connectivity index (χ3v) is 5.29. The number of hydrogen-bond donors (Lipinski definition) is 2. The van der Waals surface area contributed by atoms with Crippen LogP contribution in [0.25, 0.3) is 11.3 Å². The first kappa shape index (κ1) is 20.0. The zero-order valence-electron chi connectivity index (χ0n) is 16.1. The lowest BCUT2D eigenvalue weighted by Crippen LogP contribution is -2.32. The first-order chi connectivity index (χ1) is 13.6. The summed E-state index contributed by atoms with van der Waals surface area (Å²) in [7, 11) is 1.65. The molecule has 4 rings (SSSR count). The molecular formula is C22H26N4OS. The van der Waals surface area contributed by atoms with Crippen molar-refractivity contribution in [1.82, 2.24) is 9.88 Å². The molecule has 146 valence electrons. The maximum atomic E-state index is 7.53. The molecule has 2 aromatic carbocycles. The van der Waals surface area contributed by atoms with Crippen molar-refractivity contribution in [2.45, 2.75) is 19.4 Å². The van der Waals surface area contributed by atoms with E-state index in [4.69, 9.17) is 15.9 Å². The van der Waals surface area contributed by atoms with Gasteiger partial charge in [-0.2, -0.15) is 0 Å². The van der Waals surface area contributed by atoms with Gasteiger partial charge in [-0.15, -0.1) is 11.3 Å². The Kier molecular flexibility index (Phi) is 7.17. The van der Waals surface area contributed by atoms with Gasteiger partial charge in [0, 0.05) is 36.3 Å². The van der Waals surface area contributed by atoms with Gasteiger partial charge in [-0.25, -0.2) is 4.98 Å². The van der Waals surface area contributed by atoms with Crippen molar-refractivity contribution in [2.24, 2.45) is 0 Å². The maximum absolute atomic E-state index is 7.53. The molecular weight excluding hydrogens is 368 g/mol. The summed E-state index contributed by atoms with van der Waals surface area (Å²) in [6.45, 7) is 3.13. The van der Waals surface area contributed by atoms with Crippen molar-refractivity contribution in [3.8, 4) is 17.0 Å². The number of nitrogens with zero attached hydrogens (tertiary/aromatic N) is 2. The van der Waals surface area contributed by atoms with Gasteiger partial charge in [-0.3, -0.25) is 4.90 Å². The monoisotopic (exact) mass is 394 g/mol. The predicted octanol–water partition coefficient (Wildman–Crippen LogP) is 4.70. The quantitative estimate of drug-likeness (QED) is 0.672. The number of aromatic nitrogens is 1. The molecule has 0 saturated carbocycles. The molecule has 2 heterocycles. The fourth-order valence-corrected chi connectivity index (χ4v) is 3.58. The lowest BCUT2D eigenvalue weighted by atomic mass is 10.1. The molecule has 6 heteroatoms. The molecule has 1 aliphatic rings. The third-order valence-electron chi connectivity index (χ3n) is 4.62. The van der Waals surface area contributed by atoms with Crippen LogP contribution < -0.4 is 10.5 Å². The molecule has 0 bridgehead atoms. The Morgan fingerprint density at radius 2 is 1.75 bits per heavy atom. The molecule has 3 aromatic rings. The number of nitrogen functional groups attached to an aromatic ring is 1. The topological polar surface area (TPSA) is 75.2 Å². The second-order valence-electron chi connectivity index (χ2n) is 6.66. The summed E-state index contributed by atoms with van der Waals surface area (Å²) in [5.74, 6) is 0.844. The normalized spacial score (nSPS) is 14.2. The summed E-state index contributed by atoms with van der Waals surface area (Å²) in [6, 6.07) is 18.3. The first-order valence-corrected chi connectivity index (χ1v) is 10.2. The summed E-state index contributed by atoms with van der Waals surface area (Å²) in [5, 5.41) is 10.1. The van der Waals surface area contributed by atoms with E-state index in [1.54, 1.807) is 7.11 Å². The van der Waals surface area contributed by atoms with Crippen molar-refractivity contribution >= 4 is 22.2 Å². The largest absolute Gasteiger partial charge is 0.497 e. The van der Waals surface area contributed by atoms with E-state index in [0.29, 0.717) is 5.13 Å². The van der Waals surface area contributed by atoms with Crippen molar-refractivity contribution in [3.63, 3.8) is 0 Å². The molecule has 0 spiro atoms. The second kappa shape index (κ2) is 10.0. The molecule has 0 aliphatic carbocycles. The molecule has 5 nitrogen and oxygen atoms in total. The molecule has 3 N–H and O–H groups in total. The number of anilines is 1. The van der Waals surface area contributed by atoms with Crippen LogP contribution in [-0.4, -0.2) is 35.8 Å². The summed E-state index contributed by atoms with van der Waals surface area (Å²) < 4.78 is 5.07. The van der Waals surface area contributed by atoms with Gasteiger partial charge in [0.05, 0.1) is 12.8 Å². The summed E-state index contributed by atoms with van der Waals surface area (Å²) >= 11 is 1.44. The van der Waals surface area contributed by atoms with Crippen LogP contribution in [0, 0.1) is 5.41 Å². The summed E-state index contributed by atoms with van der Waals surface area (Å²) in [6.07, 6.45) is 1.90. The Morgan fingerprint density at radius 1 is 1.07 bits per heavy atom. The second-order valence-corrected chi connectivity index (χ2v) is 7.55. The molecule has 0 amide bonds. The molecule has 0 atom stereocenters. The van der Waals surface area contributed by atoms with E-state index in [2.05, 4.69) is 40.2 Å². The van der Waals surface area contributed by atoms with Gasteiger partial charge in [0.1, 0.15) is 5.75 Å². The van der Waals surface area contributed by atoms with Gasteiger partial charge in [0.25, 0.3) is 0 Å². The Labute approximate surface area is 170 Å². The number of methoxy groups -OCH3 is 1. The number of nitrogens with two attached hydrogens (primary N) is 1. The van der Waals surface area contributed by atoms with Crippen molar-refractivity contribution in [3.05, 3.63) is 65.5 Å². The van der Waals surface area contributed by atoms with Gasteiger partial charge < -0.3 is 15.9 Å².